The zero-order valence-electron chi connectivity index (χ0n) is 11.1. The molecule has 0 N–H and O–H groups in total. The fourth-order valence-corrected chi connectivity index (χ4v) is 2.32. The van der Waals surface area contributed by atoms with Gasteiger partial charge in [-0.3, -0.25) is 0 Å². The molecule has 2 heteroatoms. The van der Waals surface area contributed by atoms with E-state index in [0.29, 0.717) is 0 Å². The average molecular weight is 298 g/mol. The first-order valence-corrected chi connectivity index (χ1v) is 7.70. The molecule has 0 spiro atoms. The van der Waals surface area contributed by atoms with Crippen molar-refractivity contribution < 1.29 is 0 Å². The summed E-state index contributed by atoms with van der Waals surface area (Å²) in [6.07, 6.45) is 5.04. The Labute approximate surface area is 114 Å². The van der Waals surface area contributed by atoms with Gasteiger partial charge in [-0.1, -0.05) is 53.5 Å². The van der Waals surface area contributed by atoms with Crippen LogP contribution in [0.3, 0.4) is 0 Å². The summed E-state index contributed by atoms with van der Waals surface area (Å²) in [5.74, 6) is 0. The van der Waals surface area contributed by atoms with Gasteiger partial charge in [0.2, 0.25) is 0 Å². The highest BCUT2D eigenvalue weighted by Crippen LogP contribution is 2.08. The van der Waals surface area contributed by atoms with Crippen LogP contribution in [0.2, 0.25) is 0 Å². The van der Waals surface area contributed by atoms with Gasteiger partial charge in [0, 0.05) is 11.9 Å². The van der Waals surface area contributed by atoms with Crippen molar-refractivity contribution in [1.82, 2.24) is 4.90 Å². The van der Waals surface area contributed by atoms with E-state index in [-0.39, 0.29) is 0 Å². The van der Waals surface area contributed by atoms with E-state index in [1.54, 1.807) is 0 Å². The first-order chi connectivity index (χ1) is 8.26. The predicted octanol–water partition coefficient (Wildman–Crippen LogP) is 4.25. The molecule has 1 aromatic carbocycles. The Morgan fingerprint density at radius 3 is 2.24 bits per heavy atom. The van der Waals surface area contributed by atoms with Crippen molar-refractivity contribution in [2.45, 2.75) is 39.2 Å². The molecule has 96 valence electrons. The molecular formula is C15H24BrN. The van der Waals surface area contributed by atoms with Crippen LogP contribution in [0, 0.1) is 0 Å². The lowest BCUT2D eigenvalue weighted by Gasteiger charge is -2.16. The number of hydrogen-bond acceptors (Lipinski definition) is 1. The first kappa shape index (κ1) is 14.7. The Morgan fingerprint density at radius 1 is 1.00 bits per heavy atom. The van der Waals surface area contributed by atoms with Crippen molar-refractivity contribution in [3.05, 3.63) is 35.4 Å². The van der Waals surface area contributed by atoms with Crippen LogP contribution in [-0.4, -0.2) is 23.8 Å². The van der Waals surface area contributed by atoms with Crippen LogP contribution in [0.25, 0.3) is 0 Å². The fraction of sp³-hybridized carbons (Fsp3) is 0.600. The third kappa shape index (κ3) is 6.23. The maximum absolute atomic E-state index is 3.47. The van der Waals surface area contributed by atoms with Crippen molar-refractivity contribution in [2.24, 2.45) is 0 Å². The number of unbranched alkanes of at least 4 members (excludes halogenated alkanes) is 2. The minimum Gasteiger partial charge on any atom is -0.302 e. The minimum atomic E-state index is 1.07. The first-order valence-electron chi connectivity index (χ1n) is 6.58. The van der Waals surface area contributed by atoms with Crippen LogP contribution in [0.1, 0.15) is 37.3 Å². The molecule has 0 bridgehead atoms. The fourth-order valence-electron chi connectivity index (χ4n) is 1.92. The summed E-state index contributed by atoms with van der Waals surface area (Å²) in [4.78, 5) is 2.41. The molecule has 0 radical (unpaired) electrons. The quantitative estimate of drug-likeness (QED) is 0.512. The number of nitrogens with zero attached hydrogens (tertiary/aromatic N) is 1. The van der Waals surface area contributed by atoms with Crippen molar-refractivity contribution >= 4 is 15.9 Å². The smallest absolute Gasteiger partial charge is 0.0230 e. The normalized spacial score (nSPS) is 11.1. The highest BCUT2D eigenvalue weighted by Gasteiger charge is 2.00. The molecule has 0 unspecified atom stereocenters. The molecule has 0 saturated carbocycles. The van der Waals surface area contributed by atoms with Gasteiger partial charge in [-0.05, 0) is 44.0 Å². The summed E-state index contributed by atoms with van der Waals surface area (Å²) >= 11 is 3.47. The van der Waals surface area contributed by atoms with Gasteiger partial charge in [0.1, 0.15) is 0 Å². The predicted molar refractivity (Wildman–Crippen MR) is 79.8 cm³/mol. The largest absolute Gasteiger partial charge is 0.302 e. The van der Waals surface area contributed by atoms with Crippen LogP contribution in [0.5, 0.6) is 0 Å². The molecule has 0 saturated heterocycles. The molecule has 0 aliphatic carbocycles. The Kier molecular flexibility index (Phi) is 7.54. The SMILES string of the molecule is CCc1ccc(CN(C)CCCCCBr)cc1. The van der Waals surface area contributed by atoms with Crippen LogP contribution < -0.4 is 0 Å². The van der Waals surface area contributed by atoms with Crippen molar-refractivity contribution in [3.63, 3.8) is 0 Å². The lowest BCUT2D eigenvalue weighted by molar-refractivity contribution is 0.318. The van der Waals surface area contributed by atoms with Crippen molar-refractivity contribution in [3.8, 4) is 0 Å². The van der Waals surface area contributed by atoms with E-state index in [0.717, 1.165) is 18.3 Å². The lowest BCUT2D eigenvalue weighted by Crippen LogP contribution is -2.19. The Morgan fingerprint density at radius 2 is 1.65 bits per heavy atom. The molecule has 1 rings (SSSR count). The Hall–Kier alpha value is -0.340. The number of aryl methyl sites for hydroxylation is 1. The van der Waals surface area contributed by atoms with Crippen LogP contribution >= 0.6 is 15.9 Å². The summed E-state index contributed by atoms with van der Waals surface area (Å²) in [6, 6.07) is 9.00. The van der Waals surface area contributed by atoms with E-state index in [9.17, 15) is 0 Å². The molecule has 0 aromatic heterocycles. The van der Waals surface area contributed by atoms with Crippen molar-refractivity contribution in [1.29, 1.82) is 0 Å². The molecule has 0 atom stereocenters. The second kappa shape index (κ2) is 8.71. The molecule has 0 fully saturated rings. The molecule has 0 aliphatic heterocycles. The molecule has 0 aliphatic rings. The molecule has 0 heterocycles. The second-order valence-corrected chi connectivity index (χ2v) is 5.45. The molecule has 17 heavy (non-hydrogen) atoms. The number of rotatable bonds is 8. The van der Waals surface area contributed by atoms with E-state index in [1.807, 2.05) is 0 Å². The summed E-state index contributed by atoms with van der Waals surface area (Å²) < 4.78 is 0. The van der Waals surface area contributed by atoms with Gasteiger partial charge in [0.25, 0.3) is 0 Å². The van der Waals surface area contributed by atoms with E-state index in [2.05, 4.69) is 59.1 Å². The molecule has 0 amide bonds. The summed E-state index contributed by atoms with van der Waals surface area (Å²) in [7, 11) is 2.21. The number of benzene rings is 1. The standard InChI is InChI=1S/C15H24BrN/c1-3-14-7-9-15(10-8-14)13-17(2)12-6-4-5-11-16/h7-10H,3-6,11-13H2,1-2H3. The maximum Gasteiger partial charge on any atom is 0.0230 e. The minimum absolute atomic E-state index is 1.07. The molecule has 1 aromatic rings. The van der Waals surface area contributed by atoms with Crippen LogP contribution in [0.15, 0.2) is 24.3 Å². The van der Waals surface area contributed by atoms with Gasteiger partial charge in [-0.25, -0.2) is 0 Å². The van der Waals surface area contributed by atoms with Gasteiger partial charge in [0.15, 0.2) is 0 Å². The topological polar surface area (TPSA) is 3.24 Å². The third-order valence-corrected chi connectivity index (χ3v) is 3.62. The lowest BCUT2D eigenvalue weighted by atomic mass is 10.1. The van der Waals surface area contributed by atoms with Gasteiger partial charge < -0.3 is 4.90 Å². The number of halogens is 1. The third-order valence-electron chi connectivity index (χ3n) is 3.06. The Balaban J connectivity index is 2.26. The number of alkyl halides is 1. The molecular weight excluding hydrogens is 274 g/mol. The van der Waals surface area contributed by atoms with Gasteiger partial charge in [-0.15, -0.1) is 0 Å². The van der Waals surface area contributed by atoms with Gasteiger partial charge in [-0.2, -0.15) is 0 Å². The van der Waals surface area contributed by atoms with Crippen LogP contribution in [-0.2, 0) is 13.0 Å². The second-order valence-electron chi connectivity index (χ2n) is 4.66. The summed E-state index contributed by atoms with van der Waals surface area (Å²) in [6.45, 7) is 4.46. The summed E-state index contributed by atoms with van der Waals surface area (Å²) in [5.41, 5.74) is 2.85. The van der Waals surface area contributed by atoms with Gasteiger partial charge in [0.05, 0.1) is 0 Å². The zero-order valence-corrected chi connectivity index (χ0v) is 12.7. The highest BCUT2D eigenvalue weighted by atomic mass is 79.9. The molecule has 1 nitrogen and oxygen atoms in total. The van der Waals surface area contributed by atoms with Gasteiger partial charge >= 0.3 is 0 Å². The van der Waals surface area contributed by atoms with E-state index < -0.39 is 0 Å². The van der Waals surface area contributed by atoms with Crippen molar-refractivity contribution in [2.75, 3.05) is 18.9 Å². The maximum atomic E-state index is 3.47. The van der Waals surface area contributed by atoms with E-state index >= 15 is 0 Å². The van der Waals surface area contributed by atoms with E-state index in [1.165, 1.54) is 36.9 Å². The van der Waals surface area contributed by atoms with E-state index in [4.69, 9.17) is 0 Å². The average Bonchev–Trinajstić information content (AvgIpc) is 2.36. The summed E-state index contributed by atoms with van der Waals surface area (Å²) in [5, 5.41) is 1.13. The Bertz CT molecular complexity index is 294. The number of hydrogen-bond donors (Lipinski definition) is 0. The zero-order chi connectivity index (χ0) is 12.5. The monoisotopic (exact) mass is 297 g/mol. The van der Waals surface area contributed by atoms with Crippen LogP contribution in [0.4, 0.5) is 0 Å². The highest BCUT2D eigenvalue weighted by molar-refractivity contribution is 9.09.